The maximum absolute atomic E-state index is 13.0. The zero-order chi connectivity index (χ0) is 12.3. The van der Waals surface area contributed by atoms with E-state index < -0.39 is 0 Å². The Morgan fingerprint density at radius 1 is 1.53 bits per heavy atom. The van der Waals surface area contributed by atoms with Crippen molar-refractivity contribution < 1.29 is 9.18 Å². The molecule has 1 saturated heterocycles. The van der Waals surface area contributed by atoms with Gasteiger partial charge in [0.25, 0.3) is 5.91 Å². The predicted molar refractivity (Wildman–Crippen MR) is 64.3 cm³/mol. The number of benzene rings is 1. The van der Waals surface area contributed by atoms with Crippen molar-refractivity contribution in [3.8, 4) is 0 Å². The van der Waals surface area contributed by atoms with Crippen molar-refractivity contribution in [3.63, 3.8) is 0 Å². The lowest BCUT2D eigenvalue weighted by Crippen LogP contribution is -2.50. The second-order valence-electron chi connectivity index (χ2n) is 4.56. The highest BCUT2D eigenvalue weighted by Crippen LogP contribution is 2.12. The van der Waals surface area contributed by atoms with Gasteiger partial charge in [0.15, 0.2) is 0 Å². The minimum Gasteiger partial charge on any atom is -0.348 e. The number of carbonyl (C=O) groups is 1. The van der Waals surface area contributed by atoms with E-state index in [0.29, 0.717) is 11.5 Å². The van der Waals surface area contributed by atoms with Crippen molar-refractivity contribution in [1.82, 2.24) is 10.6 Å². The van der Waals surface area contributed by atoms with Gasteiger partial charge in [-0.15, -0.1) is 0 Å². The molecule has 0 saturated carbocycles. The van der Waals surface area contributed by atoms with Crippen molar-refractivity contribution in [2.75, 3.05) is 13.1 Å². The highest BCUT2D eigenvalue weighted by atomic mass is 19.1. The molecule has 1 aromatic carbocycles. The summed E-state index contributed by atoms with van der Waals surface area (Å²) in [5, 5.41) is 6.19. The molecular weight excluding hydrogens is 219 g/mol. The molecule has 17 heavy (non-hydrogen) atoms. The lowest BCUT2D eigenvalue weighted by Gasteiger charge is -2.30. The first kappa shape index (κ1) is 12.0. The van der Waals surface area contributed by atoms with Gasteiger partial charge in [-0.1, -0.05) is 13.0 Å². The van der Waals surface area contributed by atoms with Crippen LogP contribution in [0.25, 0.3) is 0 Å². The topological polar surface area (TPSA) is 41.1 Å². The molecule has 2 N–H and O–H groups in total. The van der Waals surface area contributed by atoms with Crippen LogP contribution in [0.1, 0.15) is 23.7 Å². The fraction of sp³-hybridized carbons (Fsp3) is 0.462. The van der Waals surface area contributed by atoms with Crippen molar-refractivity contribution >= 4 is 5.91 Å². The number of piperidine rings is 1. The molecule has 1 aliphatic rings. The number of nitrogens with one attached hydrogen (secondary N) is 2. The van der Waals surface area contributed by atoms with Gasteiger partial charge in [0.2, 0.25) is 0 Å². The Bertz CT molecular complexity index is 408. The van der Waals surface area contributed by atoms with Gasteiger partial charge < -0.3 is 10.6 Å². The molecule has 1 aliphatic heterocycles. The van der Waals surface area contributed by atoms with E-state index >= 15 is 0 Å². The summed E-state index contributed by atoms with van der Waals surface area (Å²) < 4.78 is 13.0. The molecule has 4 heteroatoms. The third kappa shape index (κ3) is 3.03. The van der Waals surface area contributed by atoms with Crippen LogP contribution >= 0.6 is 0 Å². The molecule has 0 spiro atoms. The van der Waals surface area contributed by atoms with Crippen LogP contribution in [0.15, 0.2) is 24.3 Å². The minimum absolute atomic E-state index is 0.125. The van der Waals surface area contributed by atoms with Crippen molar-refractivity contribution in [2.45, 2.75) is 19.4 Å². The number of hydrogen-bond donors (Lipinski definition) is 2. The summed E-state index contributed by atoms with van der Waals surface area (Å²) in [4.78, 5) is 11.9. The monoisotopic (exact) mass is 236 g/mol. The molecule has 0 aliphatic carbocycles. The van der Waals surface area contributed by atoms with Crippen LogP contribution in [-0.2, 0) is 0 Å². The molecular formula is C13H17FN2O. The van der Waals surface area contributed by atoms with Gasteiger partial charge in [0.1, 0.15) is 5.82 Å². The fourth-order valence-electron chi connectivity index (χ4n) is 2.06. The fourth-order valence-corrected chi connectivity index (χ4v) is 2.06. The Labute approximate surface area is 100 Å². The zero-order valence-electron chi connectivity index (χ0n) is 9.87. The van der Waals surface area contributed by atoms with Gasteiger partial charge in [-0.25, -0.2) is 4.39 Å². The van der Waals surface area contributed by atoms with Crippen LogP contribution in [0.2, 0.25) is 0 Å². The highest BCUT2D eigenvalue weighted by molar-refractivity contribution is 5.94. The van der Waals surface area contributed by atoms with E-state index in [9.17, 15) is 9.18 Å². The highest BCUT2D eigenvalue weighted by Gasteiger charge is 2.22. The van der Waals surface area contributed by atoms with Crippen molar-refractivity contribution in [2.24, 2.45) is 5.92 Å². The Morgan fingerprint density at radius 2 is 2.35 bits per heavy atom. The second-order valence-corrected chi connectivity index (χ2v) is 4.56. The van der Waals surface area contributed by atoms with E-state index in [2.05, 4.69) is 17.6 Å². The van der Waals surface area contributed by atoms with Gasteiger partial charge in [-0.05, 0) is 37.1 Å². The van der Waals surface area contributed by atoms with Crippen LogP contribution < -0.4 is 10.6 Å². The summed E-state index contributed by atoms with van der Waals surface area (Å²) in [6.45, 7) is 3.90. The molecule has 1 heterocycles. The van der Waals surface area contributed by atoms with Gasteiger partial charge >= 0.3 is 0 Å². The van der Waals surface area contributed by atoms with Crippen LogP contribution in [0.5, 0.6) is 0 Å². The number of halogens is 1. The summed E-state index contributed by atoms with van der Waals surface area (Å²) in [6, 6.07) is 5.89. The first-order valence-corrected chi connectivity index (χ1v) is 5.94. The third-order valence-corrected chi connectivity index (χ3v) is 3.23. The summed E-state index contributed by atoms with van der Waals surface area (Å²) in [5.41, 5.74) is 0.378. The quantitative estimate of drug-likeness (QED) is 0.818. The van der Waals surface area contributed by atoms with Crippen LogP contribution in [0.4, 0.5) is 4.39 Å². The molecule has 3 nitrogen and oxygen atoms in total. The Hall–Kier alpha value is -1.42. The summed E-state index contributed by atoms with van der Waals surface area (Å²) in [5.74, 6) is -0.133. The maximum Gasteiger partial charge on any atom is 0.251 e. The number of rotatable bonds is 2. The van der Waals surface area contributed by atoms with E-state index in [1.54, 1.807) is 12.1 Å². The average molecular weight is 236 g/mol. The summed E-state index contributed by atoms with van der Waals surface area (Å²) in [7, 11) is 0. The zero-order valence-corrected chi connectivity index (χ0v) is 9.87. The van der Waals surface area contributed by atoms with Crippen LogP contribution in [0, 0.1) is 11.7 Å². The molecule has 92 valence electrons. The van der Waals surface area contributed by atoms with Gasteiger partial charge in [0.05, 0.1) is 0 Å². The SMILES string of the molecule is CC1CCNCC1NC(=O)c1cccc(F)c1. The van der Waals surface area contributed by atoms with E-state index in [4.69, 9.17) is 0 Å². The molecule has 2 atom stereocenters. The molecule has 0 aromatic heterocycles. The predicted octanol–water partition coefficient (Wildman–Crippen LogP) is 1.55. The second kappa shape index (κ2) is 5.27. The lowest BCUT2D eigenvalue weighted by atomic mass is 9.94. The number of hydrogen-bond acceptors (Lipinski definition) is 2. The Morgan fingerprint density at radius 3 is 3.06 bits per heavy atom. The molecule has 1 amide bonds. The van der Waals surface area contributed by atoms with Gasteiger partial charge in [-0.2, -0.15) is 0 Å². The smallest absolute Gasteiger partial charge is 0.251 e. The molecule has 1 fully saturated rings. The van der Waals surface area contributed by atoms with Gasteiger partial charge in [-0.3, -0.25) is 4.79 Å². The standard InChI is InChI=1S/C13H17FN2O/c1-9-5-6-15-8-12(9)16-13(17)10-3-2-4-11(14)7-10/h2-4,7,9,12,15H,5-6,8H2,1H3,(H,16,17). The number of amides is 1. The molecule has 2 rings (SSSR count). The third-order valence-electron chi connectivity index (χ3n) is 3.23. The summed E-state index contributed by atoms with van der Waals surface area (Å²) in [6.07, 6.45) is 1.05. The molecule has 0 radical (unpaired) electrons. The van der Waals surface area contributed by atoms with Crippen molar-refractivity contribution in [3.05, 3.63) is 35.6 Å². The molecule has 0 bridgehead atoms. The Balaban J connectivity index is 2.01. The molecule has 1 aromatic rings. The van der Waals surface area contributed by atoms with E-state index in [1.807, 2.05) is 0 Å². The Kier molecular flexibility index (Phi) is 3.74. The van der Waals surface area contributed by atoms with E-state index in [1.165, 1.54) is 12.1 Å². The average Bonchev–Trinajstić information content (AvgIpc) is 2.32. The number of carbonyl (C=O) groups excluding carboxylic acids is 1. The maximum atomic E-state index is 13.0. The van der Waals surface area contributed by atoms with Crippen LogP contribution in [-0.4, -0.2) is 25.0 Å². The van der Waals surface area contributed by atoms with E-state index in [-0.39, 0.29) is 17.8 Å². The van der Waals surface area contributed by atoms with E-state index in [0.717, 1.165) is 19.5 Å². The molecule has 2 unspecified atom stereocenters. The first-order valence-electron chi connectivity index (χ1n) is 5.94. The minimum atomic E-state index is -0.382. The first-order chi connectivity index (χ1) is 8.16. The summed E-state index contributed by atoms with van der Waals surface area (Å²) >= 11 is 0. The normalized spacial score (nSPS) is 24.4. The lowest BCUT2D eigenvalue weighted by molar-refractivity contribution is 0.0915. The largest absolute Gasteiger partial charge is 0.348 e. The van der Waals surface area contributed by atoms with Crippen molar-refractivity contribution in [1.29, 1.82) is 0 Å². The van der Waals surface area contributed by atoms with Crippen LogP contribution in [0.3, 0.4) is 0 Å². The van der Waals surface area contributed by atoms with Gasteiger partial charge in [0, 0.05) is 18.2 Å².